The van der Waals surface area contributed by atoms with Gasteiger partial charge in [-0.05, 0) is 44.1 Å². The standard InChI is InChI=1S/C17H29FN4.HI/c1-6-22(7-2)14(4)11-20-17(19-5)21-12-15-8-9-16(18)13(3)10-15;/h8-10,14H,6-7,11-12H2,1-5H3,(H2,19,20,21);1H. The first kappa shape index (κ1) is 22.1. The quantitative estimate of drug-likeness (QED) is 0.392. The molecular formula is C17H30FIN4. The molecule has 1 aromatic rings. The van der Waals surface area contributed by atoms with E-state index >= 15 is 0 Å². The third kappa shape index (κ3) is 7.48. The maximum Gasteiger partial charge on any atom is 0.191 e. The first-order chi connectivity index (χ1) is 10.5. The Hall–Kier alpha value is -0.890. The smallest absolute Gasteiger partial charge is 0.191 e. The molecule has 0 amide bonds. The fourth-order valence-electron chi connectivity index (χ4n) is 2.44. The molecule has 0 aliphatic rings. The van der Waals surface area contributed by atoms with Crippen molar-refractivity contribution in [2.45, 2.75) is 40.3 Å². The summed E-state index contributed by atoms with van der Waals surface area (Å²) in [6.07, 6.45) is 0. The number of halogens is 2. The molecule has 0 aromatic heterocycles. The summed E-state index contributed by atoms with van der Waals surface area (Å²) in [7, 11) is 1.76. The van der Waals surface area contributed by atoms with Crippen LogP contribution in [0.2, 0.25) is 0 Å². The average molecular weight is 436 g/mol. The van der Waals surface area contributed by atoms with E-state index in [1.54, 1.807) is 20.0 Å². The Bertz CT molecular complexity index is 489. The van der Waals surface area contributed by atoms with E-state index in [0.717, 1.165) is 31.2 Å². The second-order valence-electron chi connectivity index (χ2n) is 5.46. The largest absolute Gasteiger partial charge is 0.355 e. The lowest BCUT2D eigenvalue weighted by atomic mass is 10.1. The van der Waals surface area contributed by atoms with E-state index in [1.165, 1.54) is 6.07 Å². The first-order valence-electron chi connectivity index (χ1n) is 7.95. The van der Waals surface area contributed by atoms with E-state index in [9.17, 15) is 4.39 Å². The van der Waals surface area contributed by atoms with Gasteiger partial charge in [0, 0.05) is 26.2 Å². The van der Waals surface area contributed by atoms with E-state index < -0.39 is 0 Å². The predicted molar refractivity (Wildman–Crippen MR) is 107 cm³/mol. The molecule has 0 bridgehead atoms. The molecule has 23 heavy (non-hydrogen) atoms. The van der Waals surface area contributed by atoms with Crippen molar-refractivity contribution >= 4 is 29.9 Å². The Morgan fingerprint density at radius 2 is 1.91 bits per heavy atom. The molecule has 132 valence electrons. The molecule has 1 rings (SSSR count). The van der Waals surface area contributed by atoms with Crippen LogP contribution < -0.4 is 10.6 Å². The molecule has 0 aliphatic carbocycles. The van der Waals surface area contributed by atoms with E-state index in [-0.39, 0.29) is 29.8 Å². The van der Waals surface area contributed by atoms with Crippen molar-refractivity contribution in [3.8, 4) is 0 Å². The molecule has 0 fully saturated rings. The molecule has 1 aromatic carbocycles. The van der Waals surface area contributed by atoms with Gasteiger partial charge in [0.2, 0.25) is 0 Å². The highest BCUT2D eigenvalue weighted by Gasteiger charge is 2.10. The number of guanidine groups is 1. The number of aryl methyl sites for hydroxylation is 1. The van der Waals surface area contributed by atoms with Gasteiger partial charge in [0.05, 0.1) is 0 Å². The summed E-state index contributed by atoms with van der Waals surface area (Å²) >= 11 is 0. The van der Waals surface area contributed by atoms with Crippen LogP contribution in [0.5, 0.6) is 0 Å². The maximum atomic E-state index is 13.3. The van der Waals surface area contributed by atoms with Gasteiger partial charge >= 0.3 is 0 Å². The average Bonchev–Trinajstić information content (AvgIpc) is 2.52. The fourth-order valence-corrected chi connectivity index (χ4v) is 2.44. The van der Waals surface area contributed by atoms with Crippen molar-refractivity contribution in [3.05, 3.63) is 35.1 Å². The first-order valence-corrected chi connectivity index (χ1v) is 7.95. The maximum absolute atomic E-state index is 13.3. The van der Waals surface area contributed by atoms with Crippen LogP contribution >= 0.6 is 24.0 Å². The SMILES string of the molecule is CCN(CC)C(C)CNC(=NC)NCc1ccc(F)c(C)c1.I. The minimum absolute atomic E-state index is 0. The monoisotopic (exact) mass is 436 g/mol. The molecule has 0 aliphatic heterocycles. The van der Waals surface area contributed by atoms with E-state index in [0.29, 0.717) is 18.2 Å². The second kappa shape index (κ2) is 11.6. The van der Waals surface area contributed by atoms with Crippen molar-refractivity contribution in [2.75, 3.05) is 26.7 Å². The zero-order chi connectivity index (χ0) is 16.5. The van der Waals surface area contributed by atoms with Crippen molar-refractivity contribution < 1.29 is 4.39 Å². The van der Waals surface area contributed by atoms with Gasteiger partial charge in [0.15, 0.2) is 5.96 Å². The third-order valence-electron chi connectivity index (χ3n) is 3.91. The van der Waals surface area contributed by atoms with Crippen molar-refractivity contribution in [1.29, 1.82) is 0 Å². The highest BCUT2D eigenvalue weighted by molar-refractivity contribution is 14.0. The Morgan fingerprint density at radius 1 is 1.26 bits per heavy atom. The lowest BCUT2D eigenvalue weighted by molar-refractivity contribution is 0.231. The number of nitrogens with one attached hydrogen (secondary N) is 2. The van der Waals surface area contributed by atoms with E-state index in [2.05, 4.69) is 41.3 Å². The summed E-state index contributed by atoms with van der Waals surface area (Å²) in [5.41, 5.74) is 1.70. The molecule has 0 heterocycles. The fraction of sp³-hybridized carbons (Fsp3) is 0.588. The molecule has 2 N–H and O–H groups in total. The number of likely N-dealkylation sites (N-methyl/N-ethyl adjacent to an activating group) is 1. The van der Waals surface area contributed by atoms with Gasteiger partial charge in [0.25, 0.3) is 0 Å². The number of nitrogens with zero attached hydrogens (tertiary/aromatic N) is 2. The molecular weight excluding hydrogens is 406 g/mol. The third-order valence-corrected chi connectivity index (χ3v) is 3.91. The molecule has 1 unspecified atom stereocenters. The lowest BCUT2D eigenvalue weighted by Gasteiger charge is -2.27. The second-order valence-corrected chi connectivity index (χ2v) is 5.46. The number of aliphatic imine (C=N–C) groups is 1. The minimum atomic E-state index is -0.167. The van der Waals surface area contributed by atoms with Gasteiger partial charge in [-0.3, -0.25) is 9.89 Å². The zero-order valence-corrected chi connectivity index (χ0v) is 17.1. The Morgan fingerprint density at radius 3 is 2.43 bits per heavy atom. The molecule has 0 radical (unpaired) electrons. The normalized spacial score (nSPS) is 12.7. The minimum Gasteiger partial charge on any atom is -0.355 e. The predicted octanol–water partition coefficient (Wildman–Crippen LogP) is 3.15. The van der Waals surface area contributed by atoms with Crippen LogP contribution in [-0.2, 0) is 6.54 Å². The van der Waals surface area contributed by atoms with Gasteiger partial charge < -0.3 is 10.6 Å². The van der Waals surface area contributed by atoms with Gasteiger partial charge in [-0.1, -0.05) is 26.0 Å². The van der Waals surface area contributed by atoms with Gasteiger partial charge in [-0.15, -0.1) is 24.0 Å². The van der Waals surface area contributed by atoms with Crippen LogP contribution in [-0.4, -0.2) is 43.6 Å². The highest BCUT2D eigenvalue weighted by atomic mass is 127. The number of benzene rings is 1. The van der Waals surface area contributed by atoms with Gasteiger partial charge in [-0.25, -0.2) is 4.39 Å². The van der Waals surface area contributed by atoms with Crippen LogP contribution in [0.4, 0.5) is 4.39 Å². The number of hydrogen-bond donors (Lipinski definition) is 2. The molecule has 0 saturated carbocycles. The summed E-state index contributed by atoms with van der Waals surface area (Å²) in [5, 5.41) is 6.60. The van der Waals surface area contributed by atoms with Crippen LogP contribution in [0, 0.1) is 12.7 Å². The van der Waals surface area contributed by atoms with Crippen LogP contribution in [0.3, 0.4) is 0 Å². The van der Waals surface area contributed by atoms with Crippen LogP contribution in [0.15, 0.2) is 23.2 Å². The Labute approximate surface area is 157 Å². The summed E-state index contributed by atoms with van der Waals surface area (Å²) in [6, 6.07) is 5.60. The summed E-state index contributed by atoms with van der Waals surface area (Å²) in [5.74, 6) is 0.597. The van der Waals surface area contributed by atoms with E-state index in [1.807, 2.05) is 6.07 Å². The van der Waals surface area contributed by atoms with E-state index in [4.69, 9.17) is 0 Å². The summed E-state index contributed by atoms with van der Waals surface area (Å²) < 4.78 is 13.3. The molecule has 6 heteroatoms. The van der Waals surface area contributed by atoms with Crippen molar-refractivity contribution in [2.24, 2.45) is 4.99 Å². The van der Waals surface area contributed by atoms with Crippen molar-refractivity contribution in [3.63, 3.8) is 0 Å². The number of rotatable bonds is 7. The molecule has 0 spiro atoms. The summed E-state index contributed by atoms with van der Waals surface area (Å²) in [6.45, 7) is 11.9. The lowest BCUT2D eigenvalue weighted by Crippen LogP contribution is -2.45. The highest BCUT2D eigenvalue weighted by Crippen LogP contribution is 2.08. The summed E-state index contributed by atoms with van der Waals surface area (Å²) in [4.78, 5) is 6.62. The Kier molecular flexibility index (Phi) is 11.2. The number of hydrogen-bond acceptors (Lipinski definition) is 2. The topological polar surface area (TPSA) is 39.7 Å². The Balaban J connectivity index is 0.00000484. The van der Waals surface area contributed by atoms with Crippen molar-refractivity contribution in [1.82, 2.24) is 15.5 Å². The van der Waals surface area contributed by atoms with Crippen LogP contribution in [0.1, 0.15) is 31.9 Å². The van der Waals surface area contributed by atoms with Gasteiger partial charge in [0.1, 0.15) is 5.82 Å². The molecule has 0 saturated heterocycles. The molecule has 4 nitrogen and oxygen atoms in total. The molecule has 1 atom stereocenters. The van der Waals surface area contributed by atoms with Gasteiger partial charge in [-0.2, -0.15) is 0 Å². The van der Waals surface area contributed by atoms with Crippen LogP contribution in [0.25, 0.3) is 0 Å². The zero-order valence-electron chi connectivity index (χ0n) is 14.8.